The predicted octanol–water partition coefficient (Wildman–Crippen LogP) is -2.05. The van der Waals surface area contributed by atoms with Crippen molar-refractivity contribution in [3.8, 4) is 5.75 Å². The molecule has 2 N–H and O–H groups in total. The van der Waals surface area contributed by atoms with Gasteiger partial charge in [0.05, 0.1) is 51.3 Å². The van der Waals surface area contributed by atoms with Crippen molar-refractivity contribution in [2.24, 2.45) is 0 Å². The standard InChI is InChI=1S/C17H26N4O5S/c1-19-6-8-20(9-7-19)18-17(22)14-26-15-2-4-16(5-3-15)27(23,24)21-10-12-25-13-11-21/h2-5H,6-14H2,1H3,(H,18,22)/p+1. The molecule has 10 heteroatoms. The molecule has 2 saturated heterocycles. The van der Waals surface area contributed by atoms with Crippen molar-refractivity contribution < 1.29 is 27.6 Å². The van der Waals surface area contributed by atoms with Crippen LogP contribution in [-0.2, 0) is 19.6 Å². The lowest BCUT2D eigenvalue weighted by Crippen LogP contribution is -3.12. The van der Waals surface area contributed by atoms with Gasteiger partial charge in [-0.15, -0.1) is 0 Å². The number of morpholine rings is 1. The van der Waals surface area contributed by atoms with Crippen molar-refractivity contribution in [3.63, 3.8) is 0 Å². The van der Waals surface area contributed by atoms with Gasteiger partial charge in [-0.25, -0.2) is 13.4 Å². The van der Waals surface area contributed by atoms with E-state index in [2.05, 4.69) is 12.5 Å². The molecule has 1 amide bonds. The number of rotatable bonds is 6. The number of likely N-dealkylation sites (N-methyl/N-ethyl adjacent to an activating group) is 1. The van der Waals surface area contributed by atoms with Gasteiger partial charge >= 0.3 is 0 Å². The number of nitrogens with one attached hydrogen (secondary N) is 2. The van der Waals surface area contributed by atoms with Gasteiger partial charge in [0, 0.05) is 13.1 Å². The van der Waals surface area contributed by atoms with E-state index in [1.165, 1.54) is 21.3 Å². The molecule has 2 aliphatic heterocycles. The van der Waals surface area contributed by atoms with Gasteiger partial charge in [-0.2, -0.15) is 4.31 Å². The number of ether oxygens (including phenoxy) is 2. The minimum Gasteiger partial charge on any atom is -0.484 e. The number of piperazine rings is 1. The summed E-state index contributed by atoms with van der Waals surface area (Å²) in [5.41, 5.74) is 2.83. The van der Waals surface area contributed by atoms with Crippen molar-refractivity contribution in [1.29, 1.82) is 0 Å². The molecular formula is C17H27N4O5S+. The van der Waals surface area contributed by atoms with Crippen LogP contribution >= 0.6 is 0 Å². The van der Waals surface area contributed by atoms with Gasteiger partial charge in [0.25, 0.3) is 5.91 Å². The second kappa shape index (κ2) is 8.98. The van der Waals surface area contributed by atoms with Crippen molar-refractivity contribution in [3.05, 3.63) is 24.3 Å². The van der Waals surface area contributed by atoms with Gasteiger partial charge in [-0.1, -0.05) is 0 Å². The highest BCUT2D eigenvalue weighted by Crippen LogP contribution is 2.20. The smallest absolute Gasteiger partial charge is 0.272 e. The van der Waals surface area contributed by atoms with Crippen molar-refractivity contribution in [2.45, 2.75) is 4.90 Å². The van der Waals surface area contributed by atoms with Crippen LogP contribution in [0.25, 0.3) is 0 Å². The fraction of sp³-hybridized carbons (Fsp3) is 0.588. The molecule has 0 radical (unpaired) electrons. The molecule has 2 aliphatic rings. The fourth-order valence-corrected chi connectivity index (χ4v) is 4.41. The Balaban J connectivity index is 1.49. The van der Waals surface area contributed by atoms with E-state index in [0.29, 0.717) is 32.1 Å². The zero-order valence-electron chi connectivity index (χ0n) is 15.5. The first-order chi connectivity index (χ1) is 12.9. The average molecular weight is 399 g/mol. The highest BCUT2D eigenvalue weighted by atomic mass is 32.2. The minimum absolute atomic E-state index is 0.116. The molecule has 1 aromatic carbocycles. The number of carbonyl (C=O) groups excluding carboxylic acids is 1. The maximum Gasteiger partial charge on any atom is 0.272 e. The molecule has 150 valence electrons. The lowest BCUT2D eigenvalue weighted by molar-refractivity contribution is -0.884. The summed E-state index contributed by atoms with van der Waals surface area (Å²) in [5, 5.41) is 1.90. The zero-order chi connectivity index (χ0) is 19.3. The average Bonchev–Trinajstić information content (AvgIpc) is 2.69. The molecule has 0 atom stereocenters. The molecule has 3 rings (SSSR count). The first-order valence-corrected chi connectivity index (χ1v) is 10.6. The normalized spacial score (nSPS) is 20.3. The lowest BCUT2D eigenvalue weighted by atomic mass is 10.3. The number of quaternary nitrogens is 1. The Kier molecular flexibility index (Phi) is 6.66. The molecule has 0 spiro atoms. The van der Waals surface area contributed by atoms with E-state index in [-0.39, 0.29) is 17.4 Å². The number of benzene rings is 1. The number of hydrogen-bond acceptors (Lipinski definition) is 6. The number of nitrogens with zero attached hydrogens (tertiary/aromatic N) is 2. The van der Waals surface area contributed by atoms with Crippen LogP contribution in [0, 0.1) is 0 Å². The Bertz CT molecular complexity index is 726. The molecule has 0 bridgehead atoms. The predicted molar refractivity (Wildman–Crippen MR) is 97.9 cm³/mol. The first kappa shape index (κ1) is 20.0. The molecule has 0 aliphatic carbocycles. The summed E-state index contributed by atoms with van der Waals surface area (Å²) in [6, 6.07) is 6.14. The Morgan fingerprint density at radius 1 is 1.15 bits per heavy atom. The molecular weight excluding hydrogens is 372 g/mol. The number of amides is 1. The van der Waals surface area contributed by atoms with Crippen LogP contribution in [0.5, 0.6) is 5.75 Å². The van der Waals surface area contributed by atoms with E-state index in [1.54, 1.807) is 12.1 Å². The summed E-state index contributed by atoms with van der Waals surface area (Å²) in [5.74, 6) is 0.230. The molecule has 2 fully saturated rings. The zero-order valence-corrected chi connectivity index (χ0v) is 16.3. The minimum atomic E-state index is -3.52. The second-order valence-electron chi connectivity index (χ2n) is 6.76. The Morgan fingerprint density at radius 2 is 1.78 bits per heavy atom. The van der Waals surface area contributed by atoms with Crippen molar-refractivity contribution >= 4 is 15.9 Å². The summed E-state index contributed by atoms with van der Waals surface area (Å²) in [6.45, 7) is 5.00. The summed E-state index contributed by atoms with van der Waals surface area (Å²) in [6.07, 6.45) is 0. The van der Waals surface area contributed by atoms with Gasteiger partial charge in [-0.3, -0.25) is 10.2 Å². The molecule has 1 aromatic rings. The highest BCUT2D eigenvalue weighted by Gasteiger charge is 2.26. The first-order valence-electron chi connectivity index (χ1n) is 9.11. The van der Waals surface area contributed by atoms with Crippen molar-refractivity contribution in [2.75, 3.05) is 66.1 Å². The van der Waals surface area contributed by atoms with Crippen LogP contribution in [0.4, 0.5) is 0 Å². The van der Waals surface area contributed by atoms with E-state index in [4.69, 9.17) is 9.47 Å². The third-order valence-corrected chi connectivity index (χ3v) is 6.61. The maximum absolute atomic E-state index is 12.6. The Labute approximate surface area is 159 Å². The third-order valence-electron chi connectivity index (χ3n) is 4.70. The summed E-state index contributed by atoms with van der Waals surface area (Å²) >= 11 is 0. The number of sulfonamides is 1. The summed E-state index contributed by atoms with van der Waals surface area (Å²) in [4.78, 5) is 13.7. The molecule has 0 unspecified atom stereocenters. The Morgan fingerprint density at radius 3 is 2.41 bits per heavy atom. The van der Waals surface area contributed by atoms with Gasteiger partial charge in [0.15, 0.2) is 6.61 Å². The molecule has 0 saturated carbocycles. The van der Waals surface area contributed by atoms with Gasteiger partial charge in [0.2, 0.25) is 10.0 Å². The Hall–Kier alpha value is -1.72. The highest BCUT2D eigenvalue weighted by molar-refractivity contribution is 7.89. The van der Waals surface area contributed by atoms with Crippen LogP contribution < -0.4 is 15.1 Å². The monoisotopic (exact) mass is 399 g/mol. The van der Waals surface area contributed by atoms with E-state index in [0.717, 1.165) is 26.2 Å². The fourth-order valence-electron chi connectivity index (χ4n) is 3.00. The topological polar surface area (TPSA) is 92.6 Å². The third kappa shape index (κ3) is 5.39. The lowest BCUT2D eigenvalue weighted by Gasteiger charge is -2.30. The van der Waals surface area contributed by atoms with Crippen LogP contribution in [0.1, 0.15) is 0 Å². The van der Waals surface area contributed by atoms with E-state index in [9.17, 15) is 13.2 Å². The second-order valence-corrected chi connectivity index (χ2v) is 8.69. The van der Waals surface area contributed by atoms with Crippen LogP contribution in [0.2, 0.25) is 0 Å². The number of carbonyl (C=O) groups is 1. The molecule has 9 nitrogen and oxygen atoms in total. The molecule has 2 heterocycles. The SMILES string of the molecule is C[NH+]1CCN(NC(=O)COc2ccc(S(=O)(=O)N3CCOCC3)cc2)CC1. The summed E-state index contributed by atoms with van der Waals surface area (Å²) in [7, 11) is -1.39. The van der Waals surface area contributed by atoms with Crippen LogP contribution in [0.3, 0.4) is 0 Å². The maximum atomic E-state index is 12.6. The van der Waals surface area contributed by atoms with E-state index >= 15 is 0 Å². The molecule has 27 heavy (non-hydrogen) atoms. The van der Waals surface area contributed by atoms with Gasteiger partial charge in [-0.05, 0) is 24.3 Å². The molecule has 0 aromatic heterocycles. The number of hydrazine groups is 1. The quantitative estimate of drug-likeness (QED) is 0.572. The van der Waals surface area contributed by atoms with E-state index < -0.39 is 10.0 Å². The van der Waals surface area contributed by atoms with Gasteiger partial charge in [0.1, 0.15) is 5.75 Å². The van der Waals surface area contributed by atoms with Crippen LogP contribution in [0.15, 0.2) is 29.2 Å². The summed E-state index contributed by atoms with van der Waals surface area (Å²) < 4.78 is 37.2. The van der Waals surface area contributed by atoms with Gasteiger partial charge < -0.3 is 14.4 Å². The van der Waals surface area contributed by atoms with Crippen LogP contribution in [-0.4, -0.2) is 89.8 Å². The van der Waals surface area contributed by atoms with E-state index in [1.807, 2.05) is 5.01 Å². The van der Waals surface area contributed by atoms with Crippen molar-refractivity contribution in [1.82, 2.24) is 14.7 Å². The largest absolute Gasteiger partial charge is 0.484 e. The number of hydrogen-bond donors (Lipinski definition) is 2.